The normalized spacial score (nSPS) is 19.6. The summed E-state index contributed by atoms with van der Waals surface area (Å²) in [5.74, 6) is -0.912. The fourth-order valence-electron chi connectivity index (χ4n) is 2.68. The van der Waals surface area contributed by atoms with Crippen molar-refractivity contribution in [1.29, 1.82) is 0 Å². The Morgan fingerprint density at radius 1 is 1.27 bits per heavy atom. The number of carbonyl (C=O) groups excluding carboxylic acids is 2. The van der Waals surface area contributed by atoms with Gasteiger partial charge in [-0.05, 0) is 25.1 Å². The van der Waals surface area contributed by atoms with E-state index >= 15 is 0 Å². The van der Waals surface area contributed by atoms with Gasteiger partial charge < -0.3 is 16.2 Å². The average molecular weight is 296 g/mol. The molecule has 0 saturated carbocycles. The zero-order valence-electron chi connectivity index (χ0n) is 12.1. The van der Waals surface area contributed by atoms with E-state index in [-0.39, 0.29) is 12.2 Å². The van der Waals surface area contributed by atoms with Crippen LogP contribution in [-0.4, -0.2) is 16.8 Å². The van der Waals surface area contributed by atoms with Gasteiger partial charge in [0.25, 0.3) is 5.91 Å². The van der Waals surface area contributed by atoms with Crippen LogP contribution in [-0.2, 0) is 10.4 Å². The average Bonchev–Trinajstić information content (AvgIpc) is 2.71. The van der Waals surface area contributed by atoms with Crippen LogP contribution in [0.3, 0.4) is 0 Å². The quantitative estimate of drug-likeness (QED) is 0.596. The van der Waals surface area contributed by atoms with E-state index < -0.39 is 11.5 Å². The molecule has 2 aromatic carbocycles. The number of carbonyl (C=O) groups is 2. The first kappa shape index (κ1) is 14.3. The van der Waals surface area contributed by atoms with Crippen molar-refractivity contribution in [2.45, 2.75) is 18.9 Å². The van der Waals surface area contributed by atoms with Crippen LogP contribution in [0.5, 0.6) is 0 Å². The summed E-state index contributed by atoms with van der Waals surface area (Å²) in [6.45, 7) is 1.86. The number of nitrogens with two attached hydrogens (primary N) is 1. The topological polar surface area (TPSA) is 92.4 Å². The summed E-state index contributed by atoms with van der Waals surface area (Å²) in [4.78, 5) is 24.6. The molecule has 22 heavy (non-hydrogen) atoms. The Morgan fingerprint density at radius 2 is 2.05 bits per heavy atom. The minimum Gasteiger partial charge on any atom is -0.399 e. The lowest BCUT2D eigenvalue weighted by molar-refractivity contribution is -0.133. The molecule has 0 spiro atoms. The third kappa shape index (κ3) is 2.25. The predicted molar refractivity (Wildman–Crippen MR) is 83.5 cm³/mol. The molecule has 0 bridgehead atoms. The van der Waals surface area contributed by atoms with Gasteiger partial charge in [0.2, 0.25) is 0 Å². The number of aliphatic hydroxyl groups is 1. The van der Waals surface area contributed by atoms with Crippen LogP contribution in [0.1, 0.15) is 27.9 Å². The number of nitrogen functional groups attached to an aromatic ring is 1. The molecule has 1 aliphatic heterocycles. The van der Waals surface area contributed by atoms with E-state index in [4.69, 9.17) is 5.73 Å². The highest BCUT2D eigenvalue weighted by Crippen LogP contribution is 2.39. The van der Waals surface area contributed by atoms with E-state index in [0.717, 1.165) is 5.56 Å². The molecule has 0 saturated heterocycles. The Balaban J connectivity index is 1.96. The molecule has 5 nitrogen and oxygen atoms in total. The fraction of sp³-hybridized carbons (Fsp3) is 0.176. The van der Waals surface area contributed by atoms with Crippen molar-refractivity contribution in [3.63, 3.8) is 0 Å². The van der Waals surface area contributed by atoms with Gasteiger partial charge in [0.05, 0.1) is 6.42 Å². The van der Waals surface area contributed by atoms with Crippen LogP contribution in [0.25, 0.3) is 0 Å². The number of rotatable bonds is 3. The van der Waals surface area contributed by atoms with Gasteiger partial charge >= 0.3 is 0 Å². The Hall–Kier alpha value is -2.66. The molecular weight excluding hydrogens is 280 g/mol. The number of amides is 1. The summed E-state index contributed by atoms with van der Waals surface area (Å²) >= 11 is 0. The molecular formula is C17H16N2O3. The molecule has 0 aliphatic carbocycles. The Morgan fingerprint density at radius 3 is 2.77 bits per heavy atom. The van der Waals surface area contributed by atoms with Crippen LogP contribution in [0, 0.1) is 6.92 Å². The second-order valence-electron chi connectivity index (χ2n) is 5.59. The van der Waals surface area contributed by atoms with Crippen molar-refractivity contribution in [3.8, 4) is 0 Å². The minimum absolute atomic E-state index is 0.321. The highest BCUT2D eigenvalue weighted by Gasteiger charge is 2.46. The third-order valence-electron chi connectivity index (χ3n) is 3.87. The standard InChI is InChI=1S/C17H16N2O3/c1-10-5-6-14-13(7-10)17(22,16(21)19-14)9-15(20)11-3-2-4-12(18)8-11/h2-8,22H,9,18H2,1H3,(H,19,21)/t17-/m0/s1. The molecule has 1 aliphatic rings. The van der Waals surface area contributed by atoms with E-state index in [2.05, 4.69) is 5.32 Å². The van der Waals surface area contributed by atoms with Gasteiger partial charge in [-0.15, -0.1) is 0 Å². The van der Waals surface area contributed by atoms with Gasteiger partial charge in [-0.25, -0.2) is 0 Å². The Labute approximate surface area is 127 Å². The van der Waals surface area contributed by atoms with Gasteiger partial charge in [-0.3, -0.25) is 9.59 Å². The third-order valence-corrected chi connectivity index (χ3v) is 3.87. The molecule has 1 heterocycles. The number of hydrogen-bond acceptors (Lipinski definition) is 4. The molecule has 1 amide bonds. The second kappa shape index (κ2) is 4.96. The summed E-state index contributed by atoms with van der Waals surface area (Å²) in [5.41, 5.74) is 6.55. The summed E-state index contributed by atoms with van der Waals surface area (Å²) in [7, 11) is 0. The lowest BCUT2D eigenvalue weighted by Gasteiger charge is -2.20. The van der Waals surface area contributed by atoms with Crippen molar-refractivity contribution >= 4 is 23.1 Å². The summed E-state index contributed by atoms with van der Waals surface area (Å²) < 4.78 is 0. The molecule has 2 aromatic rings. The molecule has 112 valence electrons. The van der Waals surface area contributed by atoms with Gasteiger partial charge in [0.15, 0.2) is 11.4 Å². The number of ketones is 1. The van der Waals surface area contributed by atoms with Crippen molar-refractivity contribution in [2.75, 3.05) is 11.1 Å². The maximum Gasteiger partial charge on any atom is 0.261 e. The number of aryl methyl sites for hydroxylation is 1. The molecule has 0 aromatic heterocycles. The summed E-state index contributed by atoms with van der Waals surface area (Å²) in [6.07, 6.45) is -0.321. The van der Waals surface area contributed by atoms with Crippen LogP contribution >= 0.6 is 0 Å². The van der Waals surface area contributed by atoms with Gasteiger partial charge in [0.1, 0.15) is 0 Å². The lowest BCUT2D eigenvalue weighted by Crippen LogP contribution is -2.36. The van der Waals surface area contributed by atoms with Gasteiger partial charge in [-0.2, -0.15) is 0 Å². The van der Waals surface area contributed by atoms with Gasteiger partial charge in [0, 0.05) is 22.5 Å². The number of fused-ring (bicyclic) bond motifs is 1. The van der Waals surface area contributed by atoms with Crippen LogP contribution in [0.15, 0.2) is 42.5 Å². The zero-order valence-corrected chi connectivity index (χ0v) is 12.1. The zero-order chi connectivity index (χ0) is 15.9. The van der Waals surface area contributed by atoms with E-state index in [1.54, 1.807) is 30.3 Å². The van der Waals surface area contributed by atoms with Crippen molar-refractivity contribution < 1.29 is 14.7 Å². The van der Waals surface area contributed by atoms with E-state index in [1.165, 1.54) is 6.07 Å². The second-order valence-corrected chi connectivity index (χ2v) is 5.59. The van der Waals surface area contributed by atoms with E-state index in [1.807, 2.05) is 13.0 Å². The van der Waals surface area contributed by atoms with E-state index in [0.29, 0.717) is 22.5 Å². The molecule has 1 atom stereocenters. The summed E-state index contributed by atoms with van der Waals surface area (Å²) in [6, 6.07) is 11.8. The largest absolute Gasteiger partial charge is 0.399 e. The number of nitrogens with one attached hydrogen (secondary N) is 1. The Bertz CT molecular complexity index is 785. The Kier molecular flexibility index (Phi) is 3.22. The monoisotopic (exact) mass is 296 g/mol. The van der Waals surface area contributed by atoms with E-state index in [9.17, 15) is 14.7 Å². The maximum atomic E-state index is 12.4. The highest BCUT2D eigenvalue weighted by atomic mass is 16.3. The first-order valence-corrected chi connectivity index (χ1v) is 6.94. The molecule has 5 heteroatoms. The van der Waals surface area contributed by atoms with Crippen molar-refractivity contribution in [1.82, 2.24) is 0 Å². The first-order chi connectivity index (χ1) is 10.4. The molecule has 0 fully saturated rings. The molecule has 3 rings (SSSR count). The van der Waals surface area contributed by atoms with Crippen LogP contribution in [0.4, 0.5) is 11.4 Å². The van der Waals surface area contributed by atoms with Crippen molar-refractivity contribution in [3.05, 3.63) is 59.2 Å². The smallest absolute Gasteiger partial charge is 0.261 e. The lowest BCUT2D eigenvalue weighted by atomic mass is 9.87. The SMILES string of the molecule is Cc1ccc2c(c1)[C@@](O)(CC(=O)c1cccc(N)c1)C(=O)N2. The van der Waals surface area contributed by atoms with Crippen molar-refractivity contribution in [2.24, 2.45) is 0 Å². The fourth-order valence-corrected chi connectivity index (χ4v) is 2.68. The number of anilines is 2. The number of hydrogen-bond donors (Lipinski definition) is 3. The molecule has 0 radical (unpaired) electrons. The number of Topliss-reactive ketones (excluding diaryl/α,β-unsaturated/α-hetero) is 1. The molecule has 0 unspecified atom stereocenters. The highest BCUT2D eigenvalue weighted by molar-refractivity contribution is 6.09. The predicted octanol–water partition coefficient (Wildman–Crippen LogP) is 1.99. The first-order valence-electron chi connectivity index (χ1n) is 6.94. The maximum absolute atomic E-state index is 12.4. The van der Waals surface area contributed by atoms with Crippen LogP contribution in [0.2, 0.25) is 0 Å². The summed E-state index contributed by atoms with van der Waals surface area (Å²) in [5, 5.41) is 13.4. The van der Waals surface area contributed by atoms with Gasteiger partial charge in [-0.1, -0.05) is 29.8 Å². The minimum atomic E-state index is -1.84. The molecule has 4 N–H and O–H groups in total. The number of benzene rings is 2. The van der Waals surface area contributed by atoms with Crippen LogP contribution < -0.4 is 11.1 Å².